The predicted molar refractivity (Wildman–Crippen MR) is 70.8 cm³/mol. The zero-order valence-corrected chi connectivity index (χ0v) is 11.3. The number of hydrogen-bond donors (Lipinski definition) is 2. The molecule has 0 radical (unpaired) electrons. The number of sulfone groups is 1. The first kappa shape index (κ1) is 13.3. The highest BCUT2D eigenvalue weighted by atomic mass is 32.2. The molecule has 7 heteroatoms. The quantitative estimate of drug-likeness (QED) is 0.887. The van der Waals surface area contributed by atoms with Gasteiger partial charge in [0.2, 0.25) is 0 Å². The number of anilines is 1. The molecule has 0 spiro atoms. The highest BCUT2D eigenvalue weighted by molar-refractivity contribution is 7.90. The fraction of sp³-hybridized carbons (Fsp3) is 0.167. The Balaban J connectivity index is 2.36. The molecule has 1 amide bonds. The van der Waals surface area contributed by atoms with E-state index in [1.54, 1.807) is 13.0 Å². The number of aromatic nitrogens is 2. The average Bonchev–Trinajstić information content (AvgIpc) is 2.80. The van der Waals surface area contributed by atoms with Crippen molar-refractivity contribution in [1.82, 2.24) is 10.2 Å². The van der Waals surface area contributed by atoms with E-state index in [9.17, 15) is 13.2 Å². The van der Waals surface area contributed by atoms with Crippen LogP contribution in [0.4, 0.5) is 5.69 Å². The normalized spacial score (nSPS) is 11.3. The topological polar surface area (TPSA) is 91.9 Å². The van der Waals surface area contributed by atoms with Gasteiger partial charge in [-0.1, -0.05) is 6.07 Å². The molecule has 6 nitrogen and oxygen atoms in total. The maximum atomic E-state index is 12.1. The standard InChI is InChI=1S/C12H13N3O3S/c1-8-3-4-10(19(2,17)18)5-11(8)12(16)15-9-6-13-14-7-9/h3-7H,1-2H3,(H,13,14)(H,15,16). The maximum absolute atomic E-state index is 12.1. The summed E-state index contributed by atoms with van der Waals surface area (Å²) in [4.78, 5) is 12.2. The number of aromatic amines is 1. The minimum absolute atomic E-state index is 0.121. The van der Waals surface area contributed by atoms with E-state index in [4.69, 9.17) is 0 Å². The van der Waals surface area contributed by atoms with Gasteiger partial charge in [0.15, 0.2) is 9.84 Å². The van der Waals surface area contributed by atoms with Gasteiger partial charge in [-0.15, -0.1) is 0 Å². The monoisotopic (exact) mass is 279 g/mol. The first-order valence-electron chi connectivity index (χ1n) is 5.49. The van der Waals surface area contributed by atoms with Gasteiger partial charge in [0.05, 0.1) is 16.8 Å². The van der Waals surface area contributed by atoms with E-state index in [-0.39, 0.29) is 10.8 Å². The van der Waals surface area contributed by atoms with Crippen molar-refractivity contribution < 1.29 is 13.2 Å². The van der Waals surface area contributed by atoms with Crippen LogP contribution in [0.25, 0.3) is 0 Å². The lowest BCUT2D eigenvalue weighted by Gasteiger charge is -2.07. The molecule has 0 unspecified atom stereocenters. The predicted octanol–water partition coefficient (Wildman–Crippen LogP) is 1.37. The van der Waals surface area contributed by atoms with Gasteiger partial charge < -0.3 is 5.32 Å². The van der Waals surface area contributed by atoms with Crippen molar-refractivity contribution in [3.8, 4) is 0 Å². The summed E-state index contributed by atoms with van der Waals surface area (Å²) in [7, 11) is -3.34. The average molecular weight is 279 g/mol. The van der Waals surface area contributed by atoms with Gasteiger partial charge in [-0.2, -0.15) is 5.10 Å². The Bertz CT molecular complexity index is 706. The SMILES string of the molecule is Cc1ccc(S(C)(=O)=O)cc1C(=O)Nc1cn[nH]c1. The van der Waals surface area contributed by atoms with E-state index in [2.05, 4.69) is 15.5 Å². The van der Waals surface area contributed by atoms with Crippen LogP contribution in [0.15, 0.2) is 35.5 Å². The van der Waals surface area contributed by atoms with Crippen molar-refractivity contribution in [3.05, 3.63) is 41.7 Å². The minimum atomic E-state index is -3.34. The second kappa shape index (κ2) is 4.85. The summed E-state index contributed by atoms with van der Waals surface area (Å²) in [6.45, 7) is 1.75. The molecule has 0 bridgehead atoms. The molecular formula is C12H13N3O3S. The van der Waals surface area contributed by atoms with Crippen LogP contribution in [0.3, 0.4) is 0 Å². The number of rotatable bonds is 3. The lowest BCUT2D eigenvalue weighted by Crippen LogP contribution is -2.14. The second-order valence-corrected chi connectivity index (χ2v) is 6.21. The zero-order chi connectivity index (χ0) is 14.0. The van der Waals surface area contributed by atoms with Crippen LogP contribution in [0.5, 0.6) is 0 Å². The minimum Gasteiger partial charge on any atom is -0.319 e. The molecule has 2 N–H and O–H groups in total. The Labute approximate surface area is 110 Å². The molecule has 0 aliphatic carbocycles. The van der Waals surface area contributed by atoms with Gasteiger partial charge in [-0.05, 0) is 24.6 Å². The van der Waals surface area contributed by atoms with Crippen molar-refractivity contribution >= 4 is 21.4 Å². The molecule has 2 aromatic rings. The lowest BCUT2D eigenvalue weighted by molar-refractivity contribution is 0.102. The van der Waals surface area contributed by atoms with E-state index in [1.807, 2.05) is 0 Å². The molecule has 19 heavy (non-hydrogen) atoms. The van der Waals surface area contributed by atoms with E-state index in [1.165, 1.54) is 24.5 Å². The van der Waals surface area contributed by atoms with Gasteiger partial charge in [-0.25, -0.2) is 8.42 Å². The second-order valence-electron chi connectivity index (χ2n) is 4.19. The number of aryl methyl sites for hydroxylation is 1. The fourth-order valence-electron chi connectivity index (χ4n) is 1.59. The Morgan fingerprint density at radius 3 is 2.68 bits per heavy atom. The molecule has 100 valence electrons. The van der Waals surface area contributed by atoms with Gasteiger partial charge in [0.25, 0.3) is 5.91 Å². The molecule has 1 aromatic heterocycles. The van der Waals surface area contributed by atoms with E-state index >= 15 is 0 Å². The number of H-pyrrole nitrogens is 1. The van der Waals surface area contributed by atoms with Gasteiger partial charge in [0.1, 0.15) is 0 Å². The van der Waals surface area contributed by atoms with Crippen molar-refractivity contribution in [2.45, 2.75) is 11.8 Å². The first-order valence-corrected chi connectivity index (χ1v) is 7.38. The van der Waals surface area contributed by atoms with Crippen molar-refractivity contribution in [1.29, 1.82) is 0 Å². The van der Waals surface area contributed by atoms with Gasteiger partial charge in [-0.3, -0.25) is 9.89 Å². The molecule has 0 atom stereocenters. The van der Waals surface area contributed by atoms with Crippen LogP contribution in [-0.2, 0) is 9.84 Å². The third kappa shape index (κ3) is 3.00. The van der Waals surface area contributed by atoms with Gasteiger partial charge >= 0.3 is 0 Å². The van der Waals surface area contributed by atoms with Crippen molar-refractivity contribution in [2.75, 3.05) is 11.6 Å². The van der Waals surface area contributed by atoms with Gasteiger partial charge in [0, 0.05) is 18.0 Å². The molecule has 0 saturated carbocycles. The Hall–Kier alpha value is -2.15. The molecule has 1 aromatic carbocycles. The van der Waals surface area contributed by atoms with Crippen molar-refractivity contribution in [2.24, 2.45) is 0 Å². The summed E-state index contributed by atoms with van der Waals surface area (Å²) in [6.07, 6.45) is 4.11. The highest BCUT2D eigenvalue weighted by Crippen LogP contribution is 2.17. The molecule has 0 aliphatic heterocycles. The van der Waals surface area contributed by atoms with Crippen LogP contribution < -0.4 is 5.32 Å². The van der Waals surface area contributed by atoms with Crippen LogP contribution in [0, 0.1) is 6.92 Å². The largest absolute Gasteiger partial charge is 0.319 e. The number of hydrogen-bond acceptors (Lipinski definition) is 4. The zero-order valence-electron chi connectivity index (χ0n) is 10.5. The van der Waals surface area contributed by atoms with Crippen LogP contribution >= 0.6 is 0 Å². The summed E-state index contributed by atoms with van der Waals surface area (Å²) in [5.74, 6) is -0.371. The number of carbonyl (C=O) groups is 1. The molecule has 0 saturated heterocycles. The Morgan fingerprint density at radius 2 is 2.11 bits per heavy atom. The number of benzene rings is 1. The van der Waals surface area contributed by atoms with E-state index < -0.39 is 9.84 Å². The third-order valence-electron chi connectivity index (χ3n) is 2.64. The lowest BCUT2D eigenvalue weighted by atomic mass is 10.1. The Kier molecular flexibility index (Phi) is 3.39. The van der Waals surface area contributed by atoms with E-state index in [0.717, 1.165) is 6.26 Å². The number of carbonyl (C=O) groups excluding carboxylic acids is 1. The summed E-state index contributed by atoms with van der Waals surface area (Å²) in [6, 6.07) is 4.47. The number of nitrogens with one attached hydrogen (secondary N) is 2. The van der Waals surface area contributed by atoms with Crippen LogP contribution in [0.1, 0.15) is 15.9 Å². The molecule has 2 rings (SSSR count). The summed E-state index contributed by atoms with van der Waals surface area (Å²) in [5.41, 5.74) is 1.55. The number of nitrogens with zero attached hydrogens (tertiary/aromatic N) is 1. The van der Waals surface area contributed by atoms with Crippen LogP contribution in [0.2, 0.25) is 0 Å². The highest BCUT2D eigenvalue weighted by Gasteiger charge is 2.14. The molecule has 1 heterocycles. The van der Waals surface area contributed by atoms with Crippen molar-refractivity contribution in [3.63, 3.8) is 0 Å². The summed E-state index contributed by atoms with van der Waals surface area (Å²) < 4.78 is 23.0. The summed E-state index contributed by atoms with van der Waals surface area (Å²) in [5, 5.41) is 8.92. The fourth-order valence-corrected chi connectivity index (χ4v) is 2.24. The Morgan fingerprint density at radius 1 is 1.37 bits per heavy atom. The smallest absolute Gasteiger partial charge is 0.256 e. The van der Waals surface area contributed by atoms with E-state index in [0.29, 0.717) is 16.8 Å². The number of amides is 1. The third-order valence-corrected chi connectivity index (χ3v) is 3.75. The molecule has 0 fully saturated rings. The molecule has 0 aliphatic rings. The first-order chi connectivity index (χ1) is 8.88. The molecular weight excluding hydrogens is 266 g/mol. The summed E-state index contributed by atoms with van der Waals surface area (Å²) >= 11 is 0. The van der Waals surface area contributed by atoms with Crippen LogP contribution in [-0.4, -0.2) is 30.8 Å². The maximum Gasteiger partial charge on any atom is 0.256 e.